The fourth-order valence-corrected chi connectivity index (χ4v) is 2.51. The van der Waals surface area contributed by atoms with Gasteiger partial charge in [-0.2, -0.15) is 5.10 Å². The van der Waals surface area contributed by atoms with E-state index in [-0.39, 0.29) is 0 Å². The van der Waals surface area contributed by atoms with Gasteiger partial charge in [0, 0.05) is 48.2 Å². The first-order chi connectivity index (χ1) is 7.75. The molecule has 2 aromatic heterocycles. The average molecular weight is 235 g/mol. The largest absolute Gasteiger partial charge is 0.311 e. The van der Waals surface area contributed by atoms with E-state index in [4.69, 9.17) is 0 Å². The Hall–Kier alpha value is -1.13. The molecule has 2 aromatic rings. The molecule has 0 aliphatic rings. The highest BCUT2D eigenvalue weighted by Gasteiger charge is 1.99. The molecule has 0 radical (unpaired) electrons. The van der Waals surface area contributed by atoms with Crippen molar-refractivity contribution in [3.05, 3.63) is 39.8 Å². The third-order valence-corrected chi connectivity index (χ3v) is 3.58. The maximum Gasteiger partial charge on any atom is 0.0492 e. The maximum atomic E-state index is 4.15. The van der Waals surface area contributed by atoms with Gasteiger partial charge in [0.1, 0.15) is 0 Å². The van der Waals surface area contributed by atoms with Crippen molar-refractivity contribution >= 4 is 11.3 Å². The fourth-order valence-electron chi connectivity index (χ4n) is 1.65. The topological polar surface area (TPSA) is 29.9 Å². The van der Waals surface area contributed by atoms with Crippen LogP contribution < -0.4 is 5.32 Å². The molecule has 0 unspecified atom stereocenters. The molecule has 3 nitrogen and oxygen atoms in total. The Kier molecular flexibility index (Phi) is 3.74. The number of nitrogens with one attached hydrogen (secondary N) is 1. The van der Waals surface area contributed by atoms with Crippen LogP contribution in [0.3, 0.4) is 0 Å². The van der Waals surface area contributed by atoms with Crippen molar-refractivity contribution < 1.29 is 0 Å². The lowest BCUT2D eigenvalue weighted by atomic mass is 10.3. The zero-order valence-corrected chi connectivity index (χ0v) is 10.5. The average Bonchev–Trinajstić information content (AvgIpc) is 2.83. The molecule has 1 N–H and O–H groups in total. The van der Waals surface area contributed by atoms with E-state index in [0.29, 0.717) is 0 Å². The lowest BCUT2D eigenvalue weighted by molar-refractivity contribution is 0.646. The van der Waals surface area contributed by atoms with Crippen LogP contribution in [-0.2, 0) is 20.0 Å². The monoisotopic (exact) mass is 235 g/mol. The molecule has 0 fully saturated rings. The summed E-state index contributed by atoms with van der Waals surface area (Å²) in [6.07, 6.45) is 2.87. The van der Waals surface area contributed by atoms with Gasteiger partial charge in [-0.25, -0.2) is 0 Å². The van der Waals surface area contributed by atoms with Gasteiger partial charge in [0.15, 0.2) is 0 Å². The Bertz CT molecular complexity index is 445. The number of thiophene rings is 1. The van der Waals surface area contributed by atoms with Crippen LogP contribution in [-0.4, -0.2) is 16.3 Å². The smallest absolute Gasteiger partial charge is 0.0492 e. The van der Waals surface area contributed by atoms with Crippen LogP contribution in [0.25, 0.3) is 0 Å². The maximum absolute atomic E-state index is 4.15. The van der Waals surface area contributed by atoms with Gasteiger partial charge in [0.05, 0.1) is 0 Å². The minimum Gasteiger partial charge on any atom is -0.311 e. The third kappa shape index (κ3) is 2.93. The number of aromatic nitrogens is 2. The lowest BCUT2D eigenvalue weighted by Crippen LogP contribution is -2.17. The summed E-state index contributed by atoms with van der Waals surface area (Å²) >= 11 is 1.86. The zero-order chi connectivity index (χ0) is 11.4. The first-order valence-corrected chi connectivity index (χ1v) is 6.30. The first-order valence-electron chi connectivity index (χ1n) is 5.48. The van der Waals surface area contributed by atoms with Crippen molar-refractivity contribution in [3.8, 4) is 0 Å². The standard InChI is InChI=1S/C12H17N3S/c1-10-3-4-12(16-10)9-13-7-5-11-6-8-14-15(11)2/h3-4,6,8,13H,5,7,9H2,1-2H3. The fraction of sp³-hybridized carbons (Fsp3) is 0.417. The van der Waals surface area contributed by atoms with Gasteiger partial charge < -0.3 is 5.32 Å². The molecule has 0 spiro atoms. The molecule has 16 heavy (non-hydrogen) atoms. The molecule has 0 amide bonds. The SMILES string of the molecule is Cc1ccc(CNCCc2ccnn2C)s1. The number of rotatable bonds is 5. The number of hydrogen-bond donors (Lipinski definition) is 1. The van der Waals surface area contributed by atoms with Crippen LogP contribution in [0, 0.1) is 6.92 Å². The number of aryl methyl sites for hydroxylation is 2. The normalized spacial score (nSPS) is 10.9. The highest BCUT2D eigenvalue weighted by Crippen LogP contribution is 2.14. The minimum atomic E-state index is 0.969. The second kappa shape index (κ2) is 5.27. The van der Waals surface area contributed by atoms with E-state index < -0.39 is 0 Å². The van der Waals surface area contributed by atoms with E-state index in [1.807, 2.05) is 29.3 Å². The van der Waals surface area contributed by atoms with Gasteiger partial charge in [0.2, 0.25) is 0 Å². The predicted molar refractivity (Wildman–Crippen MR) is 67.7 cm³/mol. The first kappa shape index (κ1) is 11.4. The molecule has 0 aliphatic carbocycles. The molecule has 0 saturated carbocycles. The quantitative estimate of drug-likeness (QED) is 0.805. The van der Waals surface area contributed by atoms with E-state index in [1.54, 1.807) is 0 Å². The number of hydrogen-bond acceptors (Lipinski definition) is 3. The van der Waals surface area contributed by atoms with Crippen LogP contribution in [0.5, 0.6) is 0 Å². The minimum absolute atomic E-state index is 0.969. The van der Waals surface area contributed by atoms with E-state index >= 15 is 0 Å². The summed E-state index contributed by atoms with van der Waals surface area (Å²) < 4.78 is 1.93. The molecule has 0 aliphatic heterocycles. The summed E-state index contributed by atoms with van der Waals surface area (Å²) in [5, 5.41) is 7.60. The highest BCUT2D eigenvalue weighted by atomic mass is 32.1. The summed E-state index contributed by atoms with van der Waals surface area (Å²) in [5.74, 6) is 0. The summed E-state index contributed by atoms with van der Waals surface area (Å²) in [4.78, 5) is 2.78. The second-order valence-corrected chi connectivity index (χ2v) is 5.26. The molecule has 86 valence electrons. The molecule has 0 aromatic carbocycles. The van der Waals surface area contributed by atoms with Gasteiger partial charge in [0.25, 0.3) is 0 Å². The zero-order valence-electron chi connectivity index (χ0n) is 9.73. The van der Waals surface area contributed by atoms with E-state index in [2.05, 4.69) is 35.5 Å². The molecule has 0 atom stereocenters. The summed E-state index contributed by atoms with van der Waals surface area (Å²) in [5.41, 5.74) is 1.27. The van der Waals surface area contributed by atoms with Crippen molar-refractivity contribution in [3.63, 3.8) is 0 Å². The second-order valence-electron chi connectivity index (χ2n) is 3.89. The van der Waals surface area contributed by atoms with Crippen molar-refractivity contribution in [1.82, 2.24) is 15.1 Å². The Morgan fingerprint density at radius 1 is 1.38 bits per heavy atom. The van der Waals surface area contributed by atoms with E-state index in [9.17, 15) is 0 Å². The molecular formula is C12H17N3S. The molecule has 0 saturated heterocycles. The van der Waals surface area contributed by atoms with Crippen molar-refractivity contribution in [2.45, 2.75) is 19.9 Å². The Morgan fingerprint density at radius 2 is 2.25 bits per heavy atom. The van der Waals surface area contributed by atoms with Gasteiger partial charge in [-0.15, -0.1) is 11.3 Å². The summed E-state index contributed by atoms with van der Waals surface area (Å²) in [6, 6.07) is 6.43. The van der Waals surface area contributed by atoms with Crippen molar-refractivity contribution in [2.75, 3.05) is 6.54 Å². The van der Waals surface area contributed by atoms with Crippen molar-refractivity contribution in [1.29, 1.82) is 0 Å². The Balaban J connectivity index is 1.71. The van der Waals surface area contributed by atoms with Crippen LogP contribution in [0.2, 0.25) is 0 Å². The van der Waals surface area contributed by atoms with Crippen LogP contribution >= 0.6 is 11.3 Å². The number of nitrogens with zero attached hydrogens (tertiary/aromatic N) is 2. The molecular weight excluding hydrogens is 218 g/mol. The van der Waals surface area contributed by atoms with Crippen LogP contribution in [0.15, 0.2) is 24.4 Å². The van der Waals surface area contributed by atoms with E-state index in [0.717, 1.165) is 19.5 Å². The Morgan fingerprint density at radius 3 is 2.88 bits per heavy atom. The predicted octanol–water partition coefficient (Wildman–Crippen LogP) is 2.12. The van der Waals surface area contributed by atoms with Gasteiger partial charge in [-0.05, 0) is 25.1 Å². The van der Waals surface area contributed by atoms with Gasteiger partial charge >= 0.3 is 0 Å². The highest BCUT2D eigenvalue weighted by molar-refractivity contribution is 7.11. The molecule has 0 bridgehead atoms. The van der Waals surface area contributed by atoms with Gasteiger partial charge in [-0.1, -0.05) is 0 Å². The van der Waals surface area contributed by atoms with Crippen LogP contribution in [0.4, 0.5) is 0 Å². The Labute approximate surface area is 100 Å². The van der Waals surface area contributed by atoms with Crippen molar-refractivity contribution in [2.24, 2.45) is 7.05 Å². The molecule has 2 rings (SSSR count). The molecule has 2 heterocycles. The van der Waals surface area contributed by atoms with E-state index in [1.165, 1.54) is 15.4 Å². The van der Waals surface area contributed by atoms with Gasteiger partial charge in [-0.3, -0.25) is 4.68 Å². The van der Waals surface area contributed by atoms with Crippen LogP contribution in [0.1, 0.15) is 15.4 Å². The summed E-state index contributed by atoms with van der Waals surface area (Å²) in [6.45, 7) is 4.11. The lowest BCUT2D eigenvalue weighted by Gasteiger charge is -2.03. The molecule has 4 heteroatoms. The summed E-state index contributed by atoms with van der Waals surface area (Å²) in [7, 11) is 1.98. The third-order valence-electron chi connectivity index (χ3n) is 2.58.